The van der Waals surface area contributed by atoms with Gasteiger partial charge in [0.25, 0.3) is 0 Å². The van der Waals surface area contributed by atoms with Crippen LogP contribution >= 0.6 is 12.2 Å². The van der Waals surface area contributed by atoms with E-state index in [4.69, 9.17) is 18.0 Å². The van der Waals surface area contributed by atoms with Crippen LogP contribution in [0.1, 0.15) is 11.3 Å². The van der Waals surface area contributed by atoms with E-state index >= 15 is 0 Å². The van der Waals surface area contributed by atoms with E-state index in [1.165, 1.54) is 5.01 Å². The van der Waals surface area contributed by atoms with E-state index in [-0.39, 0.29) is 17.4 Å². The topological polar surface area (TPSA) is 76.2 Å². The van der Waals surface area contributed by atoms with Gasteiger partial charge in [0, 0.05) is 11.3 Å². The van der Waals surface area contributed by atoms with E-state index in [1.807, 2.05) is 37.3 Å². The molecule has 0 radical (unpaired) electrons. The Labute approximate surface area is 140 Å². The van der Waals surface area contributed by atoms with Crippen molar-refractivity contribution in [3.05, 3.63) is 60.4 Å². The molecule has 0 saturated heterocycles. The third-order valence-electron chi connectivity index (χ3n) is 3.30. The molecule has 0 atom stereocenters. The molecular formula is C16H19N5OS. The second-order valence-corrected chi connectivity index (χ2v) is 5.37. The lowest BCUT2D eigenvalue weighted by Gasteiger charge is -2.21. The number of para-hydroxylation sites is 1. The van der Waals surface area contributed by atoms with Crippen molar-refractivity contribution in [1.29, 1.82) is 0 Å². The minimum absolute atomic E-state index is 0.0925. The summed E-state index contributed by atoms with van der Waals surface area (Å²) in [6.07, 6.45) is 3.49. The van der Waals surface area contributed by atoms with E-state index in [9.17, 15) is 4.79 Å². The van der Waals surface area contributed by atoms with Crippen LogP contribution in [-0.4, -0.2) is 32.4 Å². The molecule has 120 valence electrons. The van der Waals surface area contributed by atoms with Crippen molar-refractivity contribution in [3.8, 4) is 5.69 Å². The number of rotatable bonds is 5. The van der Waals surface area contributed by atoms with E-state index in [2.05, 4.69) is 17.1 Å². The fourth-order valence-corrected chi connectivity index (χ4v) is 2.25. The molecule has 23 heavy (non-hydrogen) atoms. The van der Waals surface area contributed by atoms with Gasteiger partial charge < -0.3 is 5.73 Å². The predicted molar refractivity (Wildman–Crippen MR) is 93.8 cm³/mol. The number of thiocarbonyl (C=S) groups is 1. The fourth-order valence-electron chi connectivity index (χ4n) is 2.13. The van der Waals surface area contributed by atoms with Crippen molar-refractivity contribution in [2.75, 3.05) is 6.54 Å². The molecule has 1 heterocycles. The van der Waals surface area contributed by atoms with Crippen molar-refractivity contribution < 1.29 is 4.79 Å². The van der Waals surface area contributed by atoms with Crippen LogP contribution in [0.3, 0.4) is 0 Å². The molecule has 0 fully saturated rings. The summed E-state index contributed by atoms with van der Waals surface area (Å²) in [5.74, 6) is -0.213. The summed E-state index contributed by atoms with van der Waals surface area (Å²) in [5.41, 5.74) is 10.9. The Morgan fingerprint density at radius 1 is 1.48 bits per heavy atom. The number of nitrogens with zero attached hydrogens (tertiary/aromatic N) is 3. The van der Waals surface area contributed by atoms with Crippen molar-refractivity contribution >= 4 is 23.2 Å². The van der Waals surface area contributed by atoms with E-state index in [0.717, 1.165) is 16.9 Å². The molecule has 2 aromatic rings. The summed E-state index contributed by atoms with van der Waals surface area (Å²) in [6, 6.07) is 9.75. The lowest BCUT2D eigenvalue weighted by molar-refractivity contribution is -0.123. The maximum atomic E-state index is 12.2. The molecule has 0 aliphatic rings. The van der Waals surface area contributed by atoms with Crippen LogP contribution in [0.5, 0.6) is 0 Å². The Bertz CT molecular complexity index is 711. The third-order valence-corrected chi connectivity index (χ3v) is 3.52. The quantitative estimate of drug-likeness (QED) is 0.494. The third kappa shape index (κ3) is 4.17. The number of nitrogens with one attached hydrogen (secondary N) is 1. The highest BCUT2D eigenvalue weighted by Crippen LogP contribution is 2.14. The van der Waals surface area contributed by atoms with Gasteiger partial charge in [-0.1, -0.05) is 24.3 Å². The zero-order chi connectivity index (χ0) is 16.8. The maximum absolute atomic E-state index is 12.2. The standard InChI is InChI=1S/C16H19N5OS/c1-3-9-20(16(17)23)19-15(22)10-13-11-18-21(12(13)2)14-7-5-4-6-8-14/h3-8,11H,1,9-10H2,2H3,(H2,17,23)(H,19,22). The minimum atomic E-state index is -0.213. The molecule has 0 aliphatic carbocycles. The van der Waals surface area contributed by atoms with Crippen LogP contribution in [-0.2, 0) is 11.2 Å². The summed E-state index contributed by atoms with van der Waals surface area (Å²) in [6.45, 7) is 5.88. The van der Waals surface area contributed by atoms with Gasteiger partial charge in [-0.25, -0.2) is 4.68 Å². The summed E-state index contributed by atoms with van der Waals surface area (Å²) >= 11 is 4.88. The molecule has 0 spiro atoms. The SMILES string of the molecule is C=CCN(NC(=O)Cc1cnn(-c2ccccc2)c1C)C(N)=S. The molecule has 0 bridgehead atoms. The lowest BCUT2D eigenvalue weighted by Crippen LogP contribution is -2.49. The number of benzene rings is 1. The first-order chi connectivity index (χ1) is 11.0. The number of hydrazine groups is 1. The minimum Gasteiger partial charge on any atom is -0.375 e. The van der Waals surface area contributed by atoms with Gasteiger partial charge in [-0.2, -0.15) is 5.10 Å². The molecule has 0 aliphatic heterocycles. The smallest absolute Gasteiger partial charge is 0.243 e. The van der Waals surface area contributed by atoms with Crippen molar-refractivity contribution in [1.82, 2.24) is 20.2 Å². The average Bonchev–Trinajstić information content (AvgIpc) is 2.88. The van der Waals surface area contributed by atoms with Gasteiger partial charge in [-0.15, -0.1) is 6.58 Å². The lowest BCUT2D eigenvalue weighted by atomic mass is 10.2. The summed E-state index contributed by atoms with van der Waals surface area (Å²) in [4.78, 5) is 12.2. The van der Waals surface area contributed by atoms with E-state index < -0.39 is 0 Å². The number of carbonyl (C=O) groups is 1. The summed E-state index contributed by atoms with van der Waals surface area (Å²) < 4.78 is 1.80. The predicted octanol–water partition coefficient (Wildman–Crippen LogP) is 1.49. The van der Waals surface area contributed by atoms with Crippen LogP contribution in [0.4, 0.5) is 0 Å². The van der Waals surface area contributed by atoms with Gasteiger partial charge in [-0.05, 0) is 31.3 Å². The molecule has 1 aromatic carbocycles. The molecule has 0 saturated carbocycles. The van der Waals surface area contributed by atoms with Crippen LogP contribution in [0.25, 0.3) is 5.69 Å². The van der Waals surface area contributed by atoms with Crippen molar-refractivity contribution in [3.63, 3.8) is 0 Å². The van der Waals surface area contributed by atoms with Gasteiger partial charge in [0.1, 0.15) is 0 Å². The first-order valence-electron chi connectivity index (χ1n) is 7.09. The number of hydrogen-bond donors (Lipinski definition) is 2. The number of hydrogen-bond acceptors (Lipinski definition) is 3. The molecule has 1 aromatic heterocycles. The van der Waals surface area contributed by atoms with Gasteiger partial charge in [0.2, 0.25) is 5.91 Å². The van der Waals surface area contributed by atoms with Gasteiger partial charge in [-0.3, -0.25) is 15.2 Å². The van der Waals surface area contributed by atoms with Gasteiger partial charge >= 0.3 is 0 Å². The van der Waals surface area contributed by atoms with E-state index in [1.54, 1.807) is 17.0 Å². The first kappa shape index (κ1) is 16.7. The zero-order valence-electron chi connectivity index (χ0n) is 12.9. The number of carbonyl (C=O) groups excluding carboxylic acids is 1. The Morgan fingerprint density at radius 3 is 2.78 bits per heavy atom. The average molecular weight is 329 g/mol. The highest BCUT2D eigenvalue weighted by atomic mass is 32.1. The molecule has 7 heteroatoms. The van der Waals surface area contributed by atoms with E-state index in [0.29, 0.717) is 6.54 Å². The molecule has 0 unspecified atom stereocenters. The Balaban J connectivity index is 2.09. The Morgan fingerprint density at radius 2 is 2.17 bits per heavy atom. The van der Waals surface area contributed by atoms with Gasteiger partial charge in [0.05, 0.1) is 24.8 Å². The van der Waals surface area contributed by atoms with Crippen LogP contribution in [0.15, 0.2) is 49.2 Å². The largest absolute Gasteiger partial charge is 0.375 e. The first-order valence-corrected chi connectivity index (χ1v) is 7.50. The monoisotopic (exact) mass is 329 g/mol. The number of aromatic nitrogens is 2. The second-order valence-electron chi connectivity index (χ2n) is 4.95. The Kier molecular flexibility index (Phi) is 5.48. The molecule has 2 rings (SSSR count). The highest BCUT2D eigenvalue weighted by Gasteiger charge is 2.14. The highest BCUT2D eigenvalue weighted by molar-refractivity contribution is 7.80. The fraction of sp³-hybridized carbons (Fsp3) is 0.188. The van der Waals surface area contributed by atoms with Crippen LogP contribution in [0, 0.1) is 6.92 Å². The summed E-state index contributed by atoms with van der Waals surface area (Å²) in [7, 11) is 0. The normalized spacial score (nSPS) is 10.1. The van der Waals surface area contributed by atoms with Crippen LogP contribution < -0.4 is 11.2 Å². The Hall–Kier alpha value is -2.67. The number of nitrogens with two attached hydrogens (primary N) is 1. The van der Waals surface area contributed by atoms with Gasteiger partial charge in [0.15, 0.2) is 5.11 Å². The molecule has 6 nitrogen and oxygen atoms in total. The zero-order valence-corrected chi connectivity index (χ0v) is 13.7. The molecule has 3 N–H and O–H groups in total. The molecular weight excluding hydrogens is 310 g/mol. The van der Waals surface area contributed by atoms with Crippen molar-refractivity contribution in [2.45, 2.75) is 13.3 Å². The number of amides is 1. The second kappa shape index (κ2) is 7.55. The van der Waals surface area contributed by atoms with Crippen LogP contribution in [0.2, 0.25) is 0 Å². The molecule has 1 amide bonds. The maximum Gasteiger partial charge on any atom is 0.243 e. The van der Waals surface area contributed by atoms with Crippen molar-refractivity contribution in [2.24, 2.45) is 5.73 Å². The summed E-state index contributed by atoms with van der Waals surface area (Å²) in [5, 5.41) is 5.82.